The molecule has 30 heavy (non-hydrogen) atoms. The van der Waals surface area contributed by atoms with Gasteiger partial charge in [0.1, 0.15) is 11.9 Å². The molecule has 162 valence electrons. The van der Waals surface area contributed by atoms with E-state index in [0.717, 1.165) is 37.1 Å². The summed E-state index contributed by atoms with van der Waals surface area (Å²) in [6, 6.07) is 9.70. The summed E-state index contributed by atoms with van der Waals surface area (Å²) < 4.78 is 30.0. The van der Waals surface area contributed by atoms with Crippen molar-refractivity contribution in [1.82, 2.24) is 15.2 Å². The minimum atomic E-state index is -1.50. The minimum Gasteiger partial charge on any atom is -0.490 e. The second-order valence-electron chi connectivity index (χ2n) is 8.34. The summed E-state index contributed by atoms with van der Waals surface area (Å²) in [5, 5.41) is 3.30. The Morgan fingerprint density at radius 2 is 2.07 bits per heavy atom. The van der Waals surface area contributed by atoms with Crippen molar-refractivity contribution < 1.29 is 23.4 Å². The van der Waals surface area contributed by atoms with E-state index in [2.05, 4.69) is 29.0 Å². The summed E-state index contributed by atoms with van der Waals surface area (Å²) >= 11 is 0. The van der Waals surface area contributed by atoms with Crippen molar-refractivity contribution in [3.05, 3.63) is 30.3 Å². The molecule has 0 atom stereocenters. The highest BCUT2D eigenvalue weighted by atomic mass is 19.1. The molecule has 0 saturated carbocycles. The molecule has 2 fully saturated rings. The fourth-order valence-corrected chi connectivity index (χ4v) is 3.70. The molecule has 2 saturated heterocycles. The van der Waals surface area contributed by atoms with Crippen LogP contribution in [0.5, 0.6) is 11.6 Å². The smallest absolute Gasteiger partial charge is 0.414 e. The standard InChI is InChI=1S/C22H28FN3O4/c1-15(2)26-9-7-17(8-10-26)29-18-4-5-19-16(11-18)3-6-20(25-19)30-21(27)24-12-22(23)13-28-14-22/h3-6,11,15,17H,7-10,12-14H2,1-2H3,(H,24,27). The Morgan fingerprint density at radius 3 is 2.73 bits per heavy atom. The molecule has 7 nitrogen and oxygen atoms in total. The quantitative estimate of drug-likeness (QED) is 0.778. The fourth-order valence-electron chi connectivity index (χ4n) is 3.70. The molecule has 2 aliphatic heterocycles. The number of halogens is 1. The minimum absolute atomic E-state index is 0.0112. The SMILES string of the molecule is CC(C)N1CCC(Oc2ccc3nc(OC(=O)NCC4(F)COC4)ccc3c2)CC1. The molecule has 1 amide bonds. The van der Waals surface area contributed by atoms with Gasteiger partial charge in [-0.25, -0.2) is 14.2 Å². The lowest BCUT2D eigenvalue weighted by Crippen LogP contribution is -2.53. The van der Waals surface area contributed by atoms with E-state index in [0.29, 0.717) is 11.6 Å². The van der Waals surface area contributed by atoms with Crippen molar-refractivity contribution in [1.29, 1.82) is 0 Å². The number of amides is 1. The number of piperidine rings is 1. The number of pyridine rings is 1. The van der Waals surface area contributed by atoms with Crippen molar-refractivity contribution in [2.45, 2.75) is 44.5 Å². The fraction of sp³-hybridized carbons (Fsp3) is 0.545. The van der Waals surface area contributed by atoms with Crippen LogP contribution < -0.4 is 14.8 Å². The van der Waals surface area contributed by atoms with E-state index in [1.165, 1.54) is 0 Å². The number of rotatable bonds is 6. The molecule has 4 rings (SSSR count). The third-order valence-electron chi connectivity index (χ3n) is 5.61. The number of alkyl halides is 1. The Morgan fingerprint density at radius 1 is 1.30 bits per heavy atom. The Balaban J connectivity index is 1.32. The van der Waals surface area contributed by atoms with E-state index in [1.54, 1.807) is 6.07 Å². The van der Waals surface area contributed by atoms with Gasteiger partial charge in [0, 0.05) is 30.6 Å². The average molecular weight is 417 g/mol. The molecule has 0 aliphatic carbocycles. The second-order valence-corrected chi connectivity index (χ2v) is 8.34. The maximum absolute atomic E-state index is 13.8. The van der Waals surface area contributed by atoms with E-state index in [9.17, 15) is 9.18 Å². The van der Waals surface area contributed by atoms with Gasteiger partial charge in [-0.3, -0.25) is 0 Å². The van der Waals surface area contributed by atoms with Gasteiger partial charge in [0.2, 0.25) is 5.88 Å². The molecular formula is C22H28FN3O4. The van der Waals surface area contributed by atoms with Crippen molar-refractivity contribution >= 4 is 17.0 Å². The van der Waals surface area contributed by atoms with E-state index >= 15 is 0 Å². The number of hydrogen-bond acceptors (Lipinski definition) is 6. The van der Waals surface area contributed by atoms with Gasteiger partial charge < -0.3 is 24.4 Å². The molecular weight excluding hydrogens is 389 g/mol. The van der Waals surface area contributed by atoms with Crippen LogP contribution in [-0.2, 0) is 4.74 Å². The molecule has 3 heterocycles. The van der Waals surface area contributed by atoms with Crippen molar-refractivity contribution in [2.75, 3.05) is 32.8 Å². The molecule has 8 heteroatoms. The topological polar surface area (TPSA) is 72.9 Å². The van der Waals surface area contributed by atoms with Gasteiger partial charge in [0.05, 0.1) is 25.3 Å². The molecule has 0 bridgehead atoms. The predicted molar refractivity (Wildman–Crippen MR) is 111 cm³/mol. The van der Waals surface area contributed by atoms with Gasteiger partial charge in [0.25, 0.3) is 0 Å². The summed E-state index contributed by atoms with van der Waals surface area (Å²) in [5.74, 6) is 0.974. The van der Waals surface area contributed by atoms with Crippen LogP contribution in [0.2, 0.25) is 0 Å². The molecule has 0 radical (unpaired) electrons. The Hall–Kier alpha value is -2.45. The van der Waals surface area contributed by atoms with E-state index in [4.69, 9.17) is 14.2 Å². The maximum atomic E-state index is 13.8. The summed E-state index contributed by atoms with van der Waals surface area (Å²) in [6.45, 7) is 6.38. The molecule has 1 aromatic carbocycles. The lowest BCUT2D eigenvalue weighted by atomic mass is 10.1. The highest BCUT2D eigenvalue weighted by molar-refractivity contribution is 5.81. The molecule has 0 unspecified atom stereocenters. The van der Waals surface area contributed by atoms with Gasteiger partial charge in [0.15, 0.2) is 5.67 Å². The number of nitrogens with zero attached hydrogens (tertiary/aromatic N) is 2. The maximum Gasteiger partial charge on any atom is 0.414 e. The van der Waals surface area contributed by atoms with Crippen molar-refractivity contribution in [2.24, 2.45) is 0 Å². The average Bonchev–Trinajstić information content (AvgIpc) is 2.71. The molecule has 0 spiro atoms. The third kappa shape index (κ3) is 4.99. The van der Waals surface area contributed by atoms with Crippen LogP contribution in [0.4, 0.5) is 9.18 Å². The number of likely N-dealkylation sites (tertiary alicyclic amines) is 1. The van der Waals surface area contributed by atoms with Gasteiger partial charge in [-0.15, -0.1) is 0 Å². The Labute approximate surface area is 175 Å². The number of benzene rings is 1. The first-order chi connectivity index (χ1) is 14.4. The number of ether oxygens (including phenoxy) is 3. The zero-order valence-electron chi connectivity index (χ0n) is 17.4. The van der Waals surface area contributed by atoms with E-state index < -0.39 is 11.8 Å². The van der Waals surface area contributed by atoms with Crippen LogP contribution >= 0.6 is 0 Å². The van der Waals surface area contributed by atoms with Gasteiger partial charge in [-0.1, -0.05) is 0 Å². The van der Waals surface area contributed by atoms with E-state index in [1.807, 2.05) is 24.3 Å². The van der Waals surface area contributed by atoms with Gasteiger partial charge in [-0.2, -0.15) is 0 Å². The molecule has 1 aromatic heterocycles. The first kappa shape index (κ1) is 20.8. The van der Waals surface area contributed by atoms with Crippen molar-refractivity contribution in [3.8, 4) is 11.6 Å². The molecule has 2 aliphatic rings. The predicted octanol–water partition coefficient (Wildman–Crippen LogP) is 3.31. The normalized spacial score (nSPS) is 19.5. The number of aromatic nitrogens is 1. The largest absolute Gasteiger partial charge is 0.490 e. The summed E-state index contributed by atoms with van der Waals surface area (Å²) in [7, 11) is 0. The summed E-state index contributed by atoms with van der Waals surface area (Å²) in [6.07, 6.45) is 1.51. The number of carbonyl (C=O) groups is 1. The highest BCUT2D eigenvalue weighted by Crippen LogP contribution is 2.25. The number of hydrogen-bond donors (Lipinski definition) is 1. The molecule has 2 aromatic rings. The van der Waals surface area contributed by atoms with Gasteiger partial charge in [-0.05, 0) is 51.0 Å². The highest BCUT2D eigenvalue weighted by Gasteiger charge is 2.39. The van der Waals surface area contributed by atoms with Crippen LogP contribution in [-0.4, -0.2) is 66.6 Å². The van der Waals surface area contributed by atoms with Crippen LogP contribution in [0, 0.1) is 0 Å². The number of nitrogens with one attached hydrogen (secondary N) is 1. The van der Waals surface area contributed by atoms with E-state index in [-0.39, 0.29) is 31.7 Å². The summed E-state index contributed by atoms with van der Waals surface area (Å²) in [4.78, 5) is 18.7. The van der Waals surface area contributed by atoms with Crippen LogP contribution in [0.15, 0.2) is 30.3 Å². The zero-order chi connectivity index (χ0) is 21.1. The zero-order valence-corrected chi connectivity index (χ0v) is 17.4. The first-order valence-electron chi connectivity index (χ1n) is 10.4. The summed E-state index contributed by atoms with van der Waals surface area (Å²) in [5.41, 5.74) is -0.811. The van der Waals surface area contributed by atoms with Crippen molar-refractivity contribution in [3.63, 3.8) is 0 Å². The monoisotopic (exact) mass is 417 g/mol. The Bertz CT molecular complexity index is 895. The second kappa shape index (κ2) is 8.73. The lowest BCUT2D eigenvalue weighted by Gasteiger charge is -2.34. The van der Waals surface area contributed by atoms with Crippen LogP contribution in [0.3, 0.4) is 0 Å². The van der Waals surface area contributed by atoms with Crippen LogP contribution in [0.25, 0.3) is 10.9 Å². The first-order valence-corrected chi connectivity index (χ1v) is 10.4. The van der Waals surface area contributed by atoms with Gasteiger partial charge >= 0.3 is 6.09 Å². The molecule has 1 N–H and O–H groups in total. The van der Waals surface area contributed by atoms with Crippen LogP contribution in [0.1, 0.15) is 26.7 Å². The lowest BCUT2D eigenvalue weighted by molar-refractivity contribution is -0.126. The third-order valence-corrected chi connectivity index (χ3v) is 5.61. The number of carbonyl (C=O) groups excluding carboxylic acids is 1. The number of fused-ring (bicyclic) bond motifs is 1. The Kier molecular flexibility index (Phi) is 6.06.